The van der Waals surface area contributed by atoms with Crippen LogP contribution in [0.3, 0.4) is 0 Å². The van der Waals surface area contributed by atoms with E-state index < -0.39 is 0 Å². The Balaban J connectivity index is 2.44. The van der Waals surface area contributed by atoms with Gasteiger partial charge in [-0.3, -0.25) is 4.98 Å². The summed E-state index contributed by atoms with van der Waals surface area (Å²) in [5.74, 6) is 0.473. The van der Waals surface area contributed by atoms with Crippen molar-refractivity contribution in [2.45, 2.75) is 10.9 Å². The molecule has 1 aromatic heterocycles. The molecule has 1 heterocycles. The third-order valence-electron chi connectivity index (χ3n) is 2.65. The third kappa shape index (κ3) is 2.47. The van der Waals surface area contributed by atoms with E-state index in [9.17, 15) is 0 Å². The standard InChI is InChI=1S/C13H15N3OS/c1-17-13-12(15-7-8-16-13)11(14)9-5-3-4-6-10(9)18-2/h3-8,11H,14H2,1-2H3. The molecule has 0 amide bonds. The average molecular weight is 261 g/mol. The van der Waals surface area contributed by atoms with Crippen molar-refractivity contribution in [1.82, 2.24) is 9.97 Å². The molecular weight excluding hydrogens is 246 g/mol. The van der Waals surface area contributed by atoms with Crippen LogP contribution in [-0.4, -0.2) is 23.3 Å². The van der Waals surface area contributed by atoms with Crippen molar-refractivity contribution < 1.29 is 4.74 Å². The van der Waals surface area contributed by atoms with Crippen LogP contribution in [0.2, 0.25) is 0 Å². The molecule has 0 bridgehead atoms. The molecule has 1 atom stereocenters. The number of thioether (sulfide) groups is 1. The van der Waals surface area contributed by atoms with Crippen molar-refractivity contribution >= 4 is 11.8 Å². The summed E-state index contributed by atoms with van der Waals surface area (Å²) in [6, 6.07) is 7.68. The Labute approximate surface area is 111 Å². The second-order valence-corrected chi connectivity index (χ2v) is 4.52. The van der Waals surface area contributed by atoms with E-state index in [0.29, 0.717) is 11.6 Å². The van der Waals surface area contributed by atoms with Gasteiger partial charge in [0.05, 0.1) is 13.2 Å². The van der Waals surface area contributed by atoms with Gasteiger partial charge in [-0.2, -0.15) is 0 Å². The van der Waals surface area contributed by atoms with Crippen molar-refractivity contribution in [1.29, 1.82) is 0 Å². The first-order chi connectivity index (χ1) is 8.77. The minimum atomic E-state index is -0.336. The van der Waals surface area contributed by atoms with E-state index >= 15 is 0 Å². The van der Waals surface area contributed by atoms with Gasteiger partial charge in [-0.05, 0) is 17.9 Å². The van der Waals surface area contributed by atoms with E-state index in [4.69, 9.17) is 10.5 Å². The highest BCUT2D eigenvalue weighted by atomic mass is 32.2. The van der Waals surface area contributed by atoms with Crippen molar-refractivity contribution in [3.8, 4) is 5.88 Å². The lowest BCUT2D eigenvalue weighted by Gasteiger charge is -2.16. The van der Waals surface area contributed by atoms with E-state index in [2.05, 4.69) is 9.97 Å². The minimum Gasteiger partial charge on any atom is -0.480 e. The normalized spacial score (nSPS) is 12.2. The van der Waals surface area contributed by atoms with Crippen LogP contribution in [0.4, 0.5) is 0 Å². The second kappa shape index (κ2) is 5.84. The number of methoxy groups -OCH3 is 1. The fraction of sp³-hybridized carbons (Fsp3) is 0.231. The van der Waals surface area contributed by atoms with Crippen molar-refractivity contribution in [2.75, 3.05) is 13.4 Å². The number of benzene rings is 1. The predicted octanol–water partition coefficient (Wildman–Crippen LogP) is 2.26. The Morgan fingerprint density at radius 2 is 1.94 bits per heavy atom. The monoisotopic (exact) mass is 261 g/mol. The molecule has 4 nitrogen and oxygen atoms in total. The van der Waals surface area contributed by atoms with Crippen LogP contribution < -0.4 is 10.5 Å². The number of rotatable bonds is 4. The molecule has 0 aliphatic heterocycles. The van der Waals surface area contributed by atoms with Gasteiger partial charge in [0.2, 0.25) is 5.88 Å². The van der Waals surface area contributed by atoms with E-state index in [1.165, 1.54) is 0 Å². The first kappa shape index (κ1) is 12.9. The Morgan fingerprint density at radius 1 is 1.22 bits per heavy atom. The number of nitrogens with zero attached hydrogens (tertiary/aromatic N) is 2. The molecule has 2 N–H and O–H groups in total. The van der Waals surface area contributed by atoms with E-state index in [0.717, 1.165) is 10.5 Å². The van der Waals surface area contributed by atoms with Crippen LogP contribution in [0.15, 0.2) is 41.6 Å². The van der Waals surface area contributed by atoms with Gasteiger partial charge in [0.1, 0.15) is 5.69 Å². The molecule has 2 aromatic rings. The van der Waals surface area contributed by atoms with Crippen LogP contribution in [0, 0.1) is 0 Å². The molecule has 0 fully saturated rings. The first-order valence-electron chi connectivity index (χ1n) is 5.51. The summed E-state index contributed by atoms with van der Waals surface area (Å²) in [7, 11) is 1.57. The Hall–Kier alpha value is -1.59. The van der Waals surface area contributed by atoms with Crippen LogP contribution in [0.1, 0.15) is 17.3 Å². The molecule has 0 aliphatic carbocycles. The summed E-state index contributed by atoms with van der Waals surface area (Å²) < 4.78 is 5.20. The molecule has 18 heavy (non-hydrogen) atoms. The van der Waals surface area contributed by atoms with E-state index in [1.807, 2.05) is 30.5 Å². The summed E-state index contributed by atoms with van der Waals surface area (Å²) in [4.78, 5) is 9.54. The van der Waals surface area contributed by atoms with Crippen molar-refractivity contribution in [3.63, 3.8) is 0 Å². The topological polar surface area (TPSA) is 61.0 Å². The van der Waals surface area contributed by atoms with Crippen LogP contribution in [-0.2, 0) is 0 Å². The highest BCUT2D eigenvalue weighted by Gasteiger charge is 2.18. The summed E-state index contributed by atoms with van der Waals surface area (Å²) >= 11 is 1.66. The van der Waals surface area contributed by atoms with Crippen LogP contribution in [0.5, 0.6) is 5.88 Å². The van der Waals surface area contributed by atoms with E-state index in [1.54, 1.807) is 31.3 Å². The van der Waals surface area contributed by atoms with Crippen molar-refractivity contribution in [3.05, 3.63) is 47.9 Å². The van der Waals surface area contributed by atoms with Gasteiger partial charge < -0.3 is 10.5 Å². The van der Waals surface area contributed by atoms with Gasteiger partial charge in [-0.1, -0.05) is 18.2 Å². The summed E-state index contributed by atoms with van der Waals surface area (Å²) in [6.07, 6.45) is 5.24. The fourth-order valence-electron chi connectivity index (χ4n) is 1.78. The van der Waals surface area contributed by atoms with E-state index in [-0.39, 0.29) is 6.04 Å². The van der Waals surface area contributed by atoms with Gasteiger partial charge >= 0.3 is 0 Å². The molecular formula is C13H15N3OS. The van der Waals surface area contributed by atoms with Gasteiger partial charge in [-0.15, -0.1) is 11.8 Å². The molecule has 5 heteroatoms. The lowest BCUT2D eigenvalue weighted by atomic mass is 10.0. The molecule has 1 unspecified atom stereocenters. The molecule has 0 saturated heterocycles. The Morgan fingerprint density at radius 3 is 2.67 bits per heavy atom. The van der Waals surface area contributed by atoms with Crippen molar-refractivity contribution in [2.24, 2.45) is 5.73 Å². The Bertz CT molecular complexity index is 486. The minimum absolute atomic E-state index is 0.336. The second-order valence-electron chi connectivity index (χ2n) is 3.67. The maximum Gasteiger partial charge on any atom is 0.237 e. The maximum atomic E-state index is 6.27. The molecule has 1 aromatic carbocycles. The SMILES string of the molecule is COc1nccnc1C(N)c1ccccc1SC. The average Bonchev–Trinajstić information content (AvgIpc) is 2.46. The smallest absolute Gasteiger partial charge is 0.237 e. The van der Waals surface area contributed by atoms with Gasteiger partial charge in [0, 0.05) is 17.3 Å². The first-order valence-corrected chi connectivity index (χ1v) is 6.73. The number of hydrogen-bond donors (Lipinski definition) is 1. The zero-order valence-electron chi connectivity index (χ0n) is 10.3. The zero-order chi connectivity index (χ0) is 13.0. The summed E-state index contributed by atoms with van der Waals surface area (Å²) in [5.41, 5.74) is 7.96. The largest absolute Gasteiger partial charge is 0.480 e. The summed E-state index contributed by atoms with van der Waals surface area (Å²) in [6.45, 7) is 0. The molecule has 0 radical (unpaired) electrons. The highest BCUT2D eigenvalue weighted by Crippen LogP contribution is 2.30. The molecule has 94 valence electrons. The Kier molecular flexibility index (Phi) is 4.17. The number of aromatic nitrogens is 2. The summed E-state index contributed by atoms with van der Waals surface area (Å²) in [5, 5.41) is 0. The number of hydrogen-bond acceptors (Lipinski definition) is 5. The molecule has 0 saturated carbocycles. The lowest BCUT2D eigenvalue weighted by Crippen LogP contribution is -2.16. The highest BCUT2D eigenvalue weighted by molar-refractivity contribution is 7.98. The van der Waals surface area contributed by atoms with Gasteiger partial charge in [-0.25, -0.2) is 4.98 Å². The van der Waals surface area contributed by atoms with Gasteiger partial charge in [0.15, 0.2) is 0 Å². The molecule has 0 aliphatic rings. The van der Waals surface area contributed by atoms with Crippen LogP contribution >= 0.6 is 11.8 Å². The quantitative estimate of drug-likeness (QED) is 0.855. The fourth-order valence-corrected chi connectivity index (χ4v) is 2.42. The lowest BCUT2D eigenvalue weighted by molar-refractivity contribution is 0.387. The predicted molar refractivity (Wildman–Crippen MR) is 72.8 cm³/mol. The maximum absolute atomic E-state index is 6.27. The number of ether oxygens (including phenoxy) is 1. The van der Waals surface area contributed by atoms with Crippen LogP contribution in [0.25, 0.3) is 0 Å². The molecule has 2 rings (SSSR count). The third-order valence-corrected chi connectivity index (χ3v) is 3.46. The molecule has 0 spiro atoms. The van der Waals surface area contributed by atoms with Gasteiger partial charge in [0.25, 0.3) is 0 Å². The number of nitrogens with two attached hydrogens (primary N) is 1. The zero-order valence-corrected chi connectivity index (χ0v) is 11.1.